The van der Waals surface area contributed by atoms with Crippen LogP contribution in [0.3, 0.4) is 0 Å². The van der Waals surface area contributed by atoms with Crippen LogP contribution in [0.5, 0.6) is 0 Å². The van der Waals surface area contributed by atoms with Crippen LogP contribution in [0.15, 0.2) is 24.3 Å². The molecule has 1 aliphatic carbocycles. The van der Waals surface area contributed by atoms with Crippen LogP contribution in [0.2, 0.25) is 0 Å². The van der Waals surface area contributed by atoms with Gasteiger partial charge in [0.05, 0.1) is 0 Å². The van der Waals surface area contributed by atoms with Crippen molar-refractivity contribution in [3.63, 3.8) is 0 Å². The topological polar surface area (TPSA) is 43.9 Å². The van der Waals surface area contributed by atoms with E-state index in [2.05, 4.69) is 44.1 Å². The number of carbonyl (C=O) groups is 2. The number of thioether (sulfide) groups is 1. The minimum atomic E-state index is -0.647. The van der Waals surface area contributed by atoms with Gasteiger partial charge in [0, 0.05) is 37.5 Å². The molecule has 0 N–H and O–H groups in total. The van der Waals surface area contributed by atoms with Crippen LogP contribution in [-0.2, 0) is 17.6 Å². The van der Waals surface area contributed by atoms with E-state index in [-0.39, 0.29) is 18.0 Å². The van der Waals surface area contributed by atoms with Gasteiger partial charge in [-0.3, -0.25) is 14.6 Å². The predicted octanol–water partition coefficient (Wildman–Crippen LogP) is 3.66. The van der Waals surface area contributed by atoms with Gasteiger partial charge in [-0.15, -0.1) is 0 Å². The van der Waals surface area contributed by atoms with E-state index >= 15 is 0 Å². The number of likely N-dealkylation sites (tertiary alicyclic amines) is 1. The summed E-state index contributed by atoms with van der Waals surface area (Å²) >= 11 is 1.87. The molecule has 164 valence electrons. The highest BCUT2D eigenvalue weighted by Gasteiger charge is 2.59. The Morgan fingerprint density at radius 3 is 2.20 bits per heavy atom. The molecule has 6 heteroatoms. The number of amides is 3. The summed E-state index contributed by atoms with van der Waals surface area (Å²) in [6, 6.07) is 8.77. The van der Waals surface area contributed by atoms with Crippen molar-refractivity contribution in [2.45, 2.75) is 64.1 Å². The zero-order chi connectivity index (χ0) is 21.5. The Hall–Kier alpha value is -1.53. The molecule has 2 saturated heterocycles. The van der Waals surface area contributed by atoms with E-state index in [9.17, 15) is 9.59 Å². The molecular formula is C24H35N3O2S. The molecule has 0 saturated carbocycles. The molecular weight excluding hydrogens is 394 g/mol. The number of benzene rings is 1. The number of piperidine rings is 1. The molecule has 1 aromatic carbocycles. The molecule has 0 aromatic heterocycles. The van der Waals surface area contributed by atoms with Crippen LogP contribution in [0.25, 0.3) is 0 Å². The minimum Gasteiger partial charge on any atom is -0.309 e. The van der Waals surface area contributed by atoms with E-state index in [4.69, 9.17) is 0 Å². The summed E-state index contributed by atoms with van der Waals surface area (Å²) in [6.07, 6.45) is 5.22. The first kappa shape index (κ1) is 21.7. The van der Waals surface area contributed by atoms with Gasteiger partial charge in [0.15, 0.2) is 0 Å². The second-order valence-electron chi connectivity index (χ2n) is 9.66. The lowest BCUT2D eigenvalue weighted by atomic mass is 9.84. The van der Waals surface area contributed by atoms with Gasteiger partial charge in [0.25, 0.3) is 5.91 Å². The molecule has 3 aliphatic rings. The van der Waals surface area contributed by atoms with Crippen molar-refractivity contribution in [1.29, 1.82) is 0 Å². The average molecular weight is 430 g/mol. The number of fused-ring (bicyclic) bond motifs is 1. The highest BCUT2D eigenvalue weighted by atomic mass is 32.2. The maximum atomic E-state index is 13.9. The Labute approximate surface area is 185 Å². The maximum absolute atomic E-state index is 13.9. The van der Waals surface area contributed by atoms with E-state index in [1.54, 1.807) is 4.90 Å². The largest absolute Gasteiger partial charge is 0.327 e. The first-order valence-electron chi connectivity index (χ1n) is 11.3. The maximum Gasteiger partial charge on any atom is 0.327 e. The molecule has 30 heavy (non-hydrogen) atoms. The van der Waals surface area contributed by atoms with Crippen LogP contribution in [0, 0.1) is 5.92 Å². The van der Waals surface area contributed by atoms with Gasteiger partial charge in [0.1, 0.15) is 5.54 Å². The van der Waals surface area contributed by atoms with Crippen LogP contribution in [0.4, 0.5) is 4.79 Å². The third-order valence-corrected chi connectivity index (χ3v) is 7.99. The molecule has 2 aliphatic heterocycles. The highest BCUT2D eigenvalue weighted by Crippen LogP contribution is 2.41. The van der Waals surface area contributed by atoms with E-state index in [0.29, 0.717) is 18.5 Å². The molecule has 0 unspecified atom stereocenters. The molecule has 0 radical (unpaired) electrons. The van der Waals surface area contributed by atoms with Crippen LogP contribution >= 0.6 is 11.8 Å². The molecule has 4 rings (SSSR count). The van der Waals surface area contributed by atoms with Gasteiger partial charge in [-0.2, -0.15) is 11.8 Å². The fraction of sp³-hybridized carbons (Fsp3) is 0.667. The van der Waals surface area contributed by atoms with Crippen LogP contribution in [0.1, 0.15) is 44.7 Å². The lowest BCUT2D eigenvalue weighted by molar-refractivity contribution is -0.137. The molecule has 0 bridgehead atoms. The number of hydrogen-bond donors (Lipinski definition) is 0. The van der Waals surface area contributed by atoms with Crippen molar-refractivity contribution >= 4 is 23.7 Å². The van der Waals surface area contributed by atoms with Gasteiger partial charge in [-0.1, -0.05) is 38.1 Å². The van der Waals surface area contributed by atoms with Gasteiger partial charge >= 0.3 is 6.03 Å². The summed E-state index contributed by atoms with van der Waals surface area (Å²) in [5.74, 6) is 1.50. The molecule has 3 amide bonds. The van der Waals surface area contributed by atoms with Crippen molar-refractivity contribution in [1.82, 2.24) is 14.7 Å². The zero-order valence-electron chi connectivity index (χ0n) is 18.8. The number of nitrogens with zero attached hydrogens (tertiary/aromatic N) is 3. The summed E-state index contributed by atoms with van der Waals surface area (Å²) in [6.45, 7) is 8.96. The van der Waals surface area contributed by atoms with Crippen molar-refractivity contribution < 1.29 is 9.59 Å². The molecule has 1 atom stereocenters. The number of rotatable bonds is 6. The lowest BCUT2D eigenvalue weighted by Gasteiger charge is -2.44. The Bertz CT molecular complexity index is 778. The van der Waals surface area contributed by atoms with E-state index < -0.39 is 5.54 Å². The van der Waals surface area contributed by atoms with Crippen molar-refractivity contribution in [3.05, 3.63) is 35.4 Å². The first-order valence-corrected chi connectivity index (χ1v) is 12.7. The monoisotopic (exact) mass is 429 g/mol. The Balaban J connectivity index is 1.57. The third kappa shape index (κ3) is 3.66. The Morgan fingerprint density at radius 1 is 1.07 bits per heavy atom. The molecule has 2 fully saturated rings. The molecule has 2 heterocycles. The molecule has 5 nitrogen and oxygen atoms in total. The summed E-state index contributed by atoms with van der Waals surface area (Å²) in [5.41, 5.74) is 1.91. The van der Waals surface area contributed by atoms with Gasteiger partial charge < -0.3 is 4.90 Å². The van der Waals surface area contributed by atoms with Gasteiger partial charge in [0.2, 0.25) is 0 Å². The van der Waals surface area contributed by atoms with E-state index in [1.165, 1.54) is 11.1 Å². The lowest BCUT2D eigenvalue weighted by Crippen LogP contribution is -2.58. The molecule has 1 aromatic rings. The number of imide groups is 1. The summed E-state index contributed by atoms with van der Waals surface area (Å²) < 4.78 is 0. The zero-order valence-corrected chi connectivity index (χ0v) is 19.6. The second-order valence-corrected chi connectivity index (χ2v) is 10.6. The van der Waals surface area contributed by atoms with Crippen LogP contribution in [-0.4, -0.2) is 75.9 Å². The standard InChI is InChI=1S/C24H35N3O2S/c1-17(2)15-26-23(29)27(21-13-19-7-5-6-8-20(19)14-21)22(28)24(26)9-11-25(12-10-24)18(3)16-30-4/h5-8,17-18,21H,9-16H2,1-4H3/t18-/m0/s1. The first-order chi connectivity index (χ1) is 14.4. The minimum absolute atomic E-state index is 0.0371. The van der Waals surface area contributed by atoms with Gasteiger partial charge in [-0.25, -0.2) is 4.79 Å². The fourth-order valence-corrected chi connectivity index (χ4v) is 6.26. The number of urea groups is 1. The van der Waals surface area contributed by atoms with E-state index in [0.717, 1.165) is 44.5 Å². The average Bonchev–Trinajstić information content (AvgIpc) is 3.22. The summed E-state index contributed by atoms with van der Waals surface area (Å²) in [7, 11) is 0. The van der Waals surface area contributed by atoms with Crippen molar-refractivity contribution in [2.75, 3.05) is 31.6 Å². The van der Waals surface area contributed by atoms with Crippen molar-refractivity contribution in [2.24, 2.45) is 5.92 Å². The highest BCUT2D eigenvalue weighted by molar-refractivity contribution is 7.98. The van der Waals surface area contributed by atoms with Crippen molar-refractivity contribution in [3.8, 4) is 0 Å². The quantitative estimate of drug-likeness (QED) is 0.648. The van der Waals surface area contributed by atoms with Crippen LogP contribution < -0.4 is 0 Å². The molecule has 1 spiro atoms. The Kier molecular flexibility index (Phi) is 6.18. The smallest absolute Gasteiger partial charge is 0.309 e. The SMILES string of the molecule is CSC[C@H](C)N1CCC2(CC1)C(=O)N(C1Cc3ccccc3C1)C(=O)N2CC(C)C. The normalized spacial score (nSPS) is 23.1. The third-order valence-electron chi connectivity index (χ3n) is 7.17. The predicted molar refractivity (Wildman–Crippen MR) is 123 cm³/mol. The summed E-state index contributed by atoms with van der Waals surface area (Å²) in [4.78, 5) is 33.5. The summed E-state index contributed by atoms with van der Waals surface area (Å²) in [5, 5.41) is 0. The fourth-order valence-electron chi connectivity index (χ4n) is 5.56. The second kappa shape index (κ2) is 8.54. The number of carbonyl (C=O) groups excluding carboxylic acids is 2. The Morgan fingerprint density at radius 2 is 1.67 bits per heavy atom. The number of hydrogen-bond acceptors (Lipinski definition) is 4. The van der Waals surface area contributed by atoms with Gasteiger partial charge in [-0.05, 0) is 55.9 Å². The van der Waals surface area contributed by atoms with E-state index in [1.807, 2.05) is 28.8 Å².